The number of rotatable bonds is 4. The maximum atomic E-state index is 12.7. The predicted octanol–water partition coefficient (Wildman–Crippen LogP) is 6.15. The molecule has 0 bridgehead atoms. The van der Waals surface area contributed by atoms with E-state index < -0.39 is 0 Å². The standard InChI is InChI=1S/C19H18Cl4N2O/c20-14-5-3-12(4-6-14)10-25-7-1-2-13(11-25)19(26)24-18-9-16(22)15(21)8-17(18)23/h3-6,8-9,13H,1-2,7,10-11H2,(H,24,26). The SMILES string of the molecule is O=C(Nc1cc(Cl)c(Cl)cc1Cl)C1CCCN(Cc2ccc(Cl)cc2)C1. The minimum atomic E-state index is -0.0958. The Morgan fingerprint density at radius 2 is 1.73 bits per heavy atom. The molecule has 138 valence electrons. The lowest BCUT2D eigenvalue weighted by Gasteiger charge is -2.32. The van der Waals surface area contributed by atoms with Gasteiger partial charge in [-0.3, -0.25) is 9.69 Å². The number of benzene rings is 2. The van der Waals surface area contributed by atoms with Gasteiger partial charge in [-0.15, -0.1) is 0 Å². The predicted molar refractivity (Wildman–Crippen MR) is 110 cm³/mol. The van der Waals surface area contributed by atoms with Crippen molar-refractivity contribution in [3.63, 3.8) is 0 Å². The van der Waals surface area contributed by atoms with Gasteiger partial charge in [0.25, 0.3) is 0 Å². The minimum Gasteiger partial charge on any atom is -0.324 e. The molecule has 1 saturated heterocycles. The van der Waals surface area contributed by atoms with Gasteiger partial charge in [-0.05, 0) is 49.2 Å². The van der Waals surface area contributed by atoms with Crippen LogP contribution in [0.5, 0.6) is 0 Å². The van der Waals surface area contributed by atoms with E-state index in [4.69, 9.17) is 46.4 Å². The van der Waals surface area contributed by atoms with Gasteiger partial charge < -0.3 is 5.32 Å². The van der Waals surface area contributed by atoms with E-state index >= 15 is 0 Å². The van der Waals surface area contributed by atoms with Gasteiger partial charge in [-0.2, -0.15) is 0 Å². The molecule has 1 heterocycles. The summed E-state index contributed by atoms with van der Waals surface area (Å²) in [5, 5.41) is 4.71. The molecule has 2 aromatic rings. The second kappa shape index (κ2) is 8.81. The van der Waals surface area contributed by atoms with Crippen LogP contribution in [0.25, 0.3) is 0 Å². The number of hydrogen-bond donors (Lipinski definition) is 1. The molecule has 2 aromatic carbocycles. The van der Waals surface area contributed by atoms with Gasteiger partial charge in [0.1, 0.15) is 0 Å². The summed E-state index contributed by atoms with van der Waals surface area (Å²) in [6.45, 7) is 2.47. The van der Waals surface area contributed by atoms with E-state index in [0.717, 1.165) is 31.0 Å². The van der Waals surface area contributed by atoms with Crippen molar-refractivity contribution in [2.75, 3.05) is 18.4 Å². The first kappa shape index (κ1) is 19.8. The number of nitrogens with zero attached hydrogens (tertiary/aromatic N) is 1. The van der Waals surface area contributed by atoms with Crippen molar-refractivity contribution in [1.82, 2.24) is 4.90 Å². The fourth-order valence-corrected chi connectivity index (χ4v) is 3.83. The maximum Gasteiger partial charge on any atom is 0.228 e. The van der Waals surface area contributed by atoms with Gasteiger partial charge in [0, 0.05) is 18.1 Å². The van der Waals surface area contributed by atoms with E-state index in [1.165, 1.54) is 11.6 Å². The summed E-state index contributed by atoms with van der Waals surface area (Å²) in [6.07, 6.45) is 1.82. The van der Waals surface area contributed by atoms with Crippen LogP contribution in [-0.4, -0.2) is 23.9 Å². The van der Waals surface area contributed by atoms with Crippen LogP contribution in [0.15, 0.2) is 36.4 Å². The first-order valence-electron chi connectivity index (χ1n) is 8.34. The number of piperidine rings is 1. The Labute approximate surface area is 173 Å². The molecule has 0 radical (unpaired) electrons. The summed E-state index contributed by atoms with van der Waals surface area (Å²) in [6, 6.07) is 10.9. The van der Waals surface area contributed by atoms with E-state index in [1.54, 1.807) is 6.07 Å². The summed E-state index contributed by atoms with van der Waals surface area (Å²) < 4.78 is 0. The summed E-state index contributed by atoms with van der Waals surface area (Å²) in [4.78, 5) is 15.0. The number of halogens is 4. The van der Waals surface area contributed by atoms with Gasteiger partial charge in [0.2, 0.25) is 5.91 Å². The van der Waals surface area contributed by atoms with Crippen LogP contribution in [-0.2, 0) is 11.3 Å². The lowest BCUT2D eigenvalue weighted by molar-refractivity contribution is -0.121. The first-order chi connectivity index (χ1) is 12.4. The maximum absolute atomic E-state index is 12.7. The third-order valence-electron chi connectivity index (χ3n) is 4.46. The molecule has 1 aliphatic rings. The minimum absolute atomic E-state index is 0.0499. The van der Waals surface area contributed by atoms with E-state index in [2.05, 4.69) is 10.2 Å². The molecule has 0 spiro atoms. The average molecular weight is 432 g/mol. The topological polar surface area (TPSA) is 32.3 Å². The van der Waals surface area contributed by atoms with Crippen molar-refractivity contribution < 1.29 is 4.79 Å². The number of carbonyl (C=O) groups excluding carboxylic acids is 1. The third kappa shape index (κ3) is 5.05. The van der Waals surface area contributed by atoms with E-state index in [0.29, 0.717) is 27.3 Å². The highest BCUT2D eigenvalue weighted by atomic mass is 35.5. The molecule has 1 amide bonds. The van der Waals surface area contributed by atoms with Crippen LogP contribution < -0.4 is 5.32 Å². The molecule has 1 N–H and O–H groups in total. The largest absolute Gasteiger partial charge is 0.324 e. The molecule has 3 nitrogen and oxygen atoms in total. The molecule has 7 heteroatoms. The van der Waals surface area contributed by atoms with Gasteiger partial charge in [0.15, 0.2) is 0 Å². The quantitative estimate of drug-likeness (QED) is 0.588. The van der Waals surface area contributed by atoms with Crippen molar-refractivity contribution in [3.8, 4) is 0 Å². The number of amides is 1. The Hall–Kier alpha value is -0.970. The highest BCUT2D eigenvalue weighted by Crippen LogP contribution is 2.33. The Morgan fingerprint density at radius 3 is 2.46 bits per heavy atom. The summed E-state index contributed by atoms with van der Waals surface area (Å²) in [5.74, 6) is -0.146. The van der Waals surface area contributed by atoms with Gasteiger partial charge in [-0.25, -0.2) is 0 Å². The van der Waals surface area contributed by atoms with Crippen molar-refractivity contribution in [2.45, 2.75) is 19.4 Å². The molecule has 3 rings (SSSR count). The average Bonchev–Trinajstić information content (AvgIpc) is 2.62. The lowest BCUT2D eigenvalue weighted by Crippen LogP contribution is -2.40. The lowest BCUT2D eigenvalue weighted by atomic mass is 9.96. The van der Waals surface area contributed by atoms with E-state index in [9.17, 15) is 4.79 Å². The molecule has 0 saturated carbocycles. The van der Waals surface area contributed by atoms with Gasteiger partial charge >= 0.3 is 0 Å². The monoisotopic (exact) mass is 430 g/mol. The normalized spacial score (nSPS) is 17.9. The van der Waals surface area contributed by atoms with Crippen molar-refractivity contribution >= 4 is 58.0 Å². The molecule has 0 aromatic heterocycles. The van der Waals surface area contributed by atoms with E-state index in [1.807, 2.05) is 24.3 Å². The van der Waals surface area contributed by atoms with Crippen LogP contribution in [0, 0.1) is 5.92 Å². The Morgan fingerprint density at radius 1 is 1.04 bits per heavy atom. The smallest absolute Gasteiger partial charge is 0.228 e. The third-order valence-corrected chi connectivity index (χ3v) is 5.75. The van der Waals surface area contributed by atoms with Gasteiger partial charge in [-0.1, -0.05) is 58.5 Å². The van der Waals surface area contributed by atoms with Gasteiger partial charge in [0.05, 0.1) is 26.7 Å². The number of hydrogen-bond acceptors (Lipinski definition) is 2. The van der Waals surface area contributed by atoms with Crippen LogP contribution in [0.1, 0.15) is 18.4 Å². The molecular formula is C19H18Cl4N2O. The zero-order chi connectivity index (χ0) is 18.7. The number of nitrogens with one attached hydrogen (secondary N) is 1. The fourth-order valence-electron chi connectivity index (χ4n) is 3.11. The van der Waals surface area contributed by atoms with Crippen LogP contribution in [0.4, 0.5) is 5.69 Å². The second-order valence-corrected chi connectivity index (χ2v) is 8.09. The van der Waals surface area contributed by atoms with Crippen LogP contribution in [0.3, 0.4) is 0 Å². The molecule has 26 heavy (non-hydrogen) atoms. The molecule has 1 aliphatic heterocycles. The fraction of sp³-hybridized carbons (Fsp3) is 0.316. The molecule has 0 aliphatic carbocycles. The van der Waals surface area contributed by atoms with Crippen molar-refractivity contribution in [3.05, 3.63) is 62.1 Å². The molecular weight excluding hydrogens is 414 g/mol. The highest BCUT2D eigenvalue weighted by Gasteiger charge is 2.26. The summed E-state index contributed by atoms with van der Waals surface area (Å²) >= 11 is 24.0. The van der Waals surface area contributed by atoms with Crippen LogP contribution in [0.2, 0.25) is 20.1 Å². The number of carbonyl (C=O) groups is 1. The van der Waals surface area contributed by atoms with Crippen molar-refractivity contribution in [1.29, 1.82) is 0 Å². The molecule has 1 atom stereocenters. The summed E-state index contributed by atoms with van der Waals surface area (Å²) in [5.41, 5.74) is 1.67. The Bertz CT molecular complexity index is 795. The Kier molecular flexibility index (Phi) is 6.70. The number of likely N-dealkylation sites (tertiary alicyclic amines) is 1. The number of anilines is 1. The van der Waals surface area contributed by atoms with E-state index in [-0.39, 0.29) is 11.8 Å². The zero-order valence-corrected chi connectivity index (χ0v) is 17.0. The zero-order valence-electron chi connectivity index (χ0n) is 13.9. The van der Waals surface area contributed by atoms with Crippen molar-refractivity contribution in [2.24, 2.45) is 5.92 Å². The highest BCUT2D eigenvalue weighted by molar-refractivity contribution is 6.44. The molecule has 1 unspecified atom stereocenters. The second-order valence-electron chi connectivity index (χ2n) is 6.44. The molecule has 1 fully saturated rings. The Balaban J connectivity index is 1.62. The summed E-state index contributed by atoms with van der Waals surface area (Å²) in [7, 11) is 0. The first-order valence-corrected chi connectivity index (χ1v) is 9.86. The van der Waals surface area contributed by atoms with Crippen LogP contribution >= 0.6 is 46.4 Å².